The molecule has 96 valence electrons. The second kappa shape index (κ2) is 4.85. The van der Waals surface area contributed by atoms with Crippen LogP contribution in [-0.2, 0) is 0 Å². The molecule has 2 aromatic rings. The summed E-state index contributed by atoms with van der Waals surface area (Å²) in [6.45, 7) is 7.68. The first kappa shape index (κ1) is 12.7. The average molecular weight is 265 g/mol. The smallest absolute Gasteiger partial charge is 0.269 e. The summed E-state index contributed by atoms with van der Waals surface area (Å²) in [4.78, 5) is 12.7. The van der Waals surface area contributed by atoms with E-state index in [-0.39, 0.29) is 11.8 Å². The standard InChI is InChI=1S/C11H15N5OS/c1-5(2)8-10(18-16-15-8)11(17)12-9-6(3)13-14-7(9)4/h5H,1-4H3,(H,12,17)(H,13,14). The average Bonchev–Trinajstić information content (AvgIpc) is 2.90. The lowest BCUT2D eigenvalue weighted by atomic mass is 10.1. The second-order valence-corrected chi connectivity index (χ2v) is 5.16. The maximum atomic E-state index is 12.2. The van der Waals surface area contributed by atoms with Gasteiger partial charge in [-0.3, -0.25) is 9.89 Å². The molecule has 2 N–H and O–H groups in total. The molecule has 2 heterocycles. The van der Waals surface area contributed by atoms with Crippen molar-refractivity contribution in [3.05, 3.63) is 22.0 Å². The number of aryl methyl sites for hydroxylation is 2. The number of carbonyl (C=O) groups excluding carboxylic acids is 1. The SMILES string of the molecule is Cc1n[nH]c(C)c1NC(=O)c1snnc1C(C)C. The largest absolute Gasteiger partial charge is 0.318 e. The molecule has 0 aromatic carbocycles. The van der Waals surface area contributed by atoms with E-state index in [9.17, 15) is 4.79 Å². The number of rotatable bonds is 3. The zero-order valence-corrected chi connectivity index (χ0v) is 11.6. The first-order chi connectivity index (χ1) is 8.50. The van der Waals surface area contributed by atoms with Crippen molar-refractivity contribution in [1.82, 2.24) is 19.8 Å². The van der Waals surface area contributed by atoms with Crippen LogP contribution in [0.2, 0.25) is 0 Å². The Balaban J connectivity index is 2.25. The van der Waals surface area contributed by atoms with Crippen LogP contribution in [0.25, 0.3) is 0 Å². The summed E-state index contributed by atoms with van der Waals surface area (Å²) in [6.07, 6.45) is 0. The fraction of sp³-hybridized carbons (Fsp3) is 0.455. The number of hydrogen-bond donors (Lipinski definition) is 2. The first-order valence-corrected chi connectivity index (χ1v) is 6.43. The van der Waals surface area contributed by atoms with Crippen LogP contribution in [0.15, 0.2) is 0 Å². The minimum atomic E-state index is -0.179. The molecule has 0 spiro atoms. The molecule has 0 fully saturated rings. The maximum absolute atomic E-state index is 12.2. The highest BCUT2D eigenvalue weighted by Crippen LogP contribution is 2.22. The van der Waals surface area contributed by atoms with Crippen molar-refractivity contribution in [2.75, 3.05) is 5.32 Å². The third-order valence-corrected chi connectivity index (χ3v) is 3.37. The van der Waals surface area contributed by atoms with Gasteiger partial charge in [0.1, 0.15) is 4.88 Å². The summed E-state index contributed by atoms with van der Waals surface area (Å²) >= 11 is 1.12. The lowest BCUT2D eigenvalue weighted by Gasteiger charge is -2.06. The summed E-state index contributed by atoms with van der Waals surface area (Å²) < 4.78 is 3.85. The Morgan fingerprint density at radius 3 is 2.67 bits per heavy atom. The molecule has 0 aliphatic carbocycles. The number of aromatic nitrogens is 4. The van der Waals surface area contributed by atoms with Crippen molar-refractivity contribution in [2.24, 2.45) is 0 Å². The van der Waals surface area contributed by atoms with Crippen LogP contribution in [0, 0.1) is 13.8 Å². The van der Waals surface area contributed by atoms with Crippen LogP contribution in [-0.4, -0.2) is 25.7 Å². The highest BCUT2D eigenvalue weighted by molar-refractivity contribution is 7.08. The molecule has 2 rings (SSSR count). The highest BCUT2D eigenvalue weighted by atomic mass is 32.1. The molecule has 0 aliphatic rings. The van der Waals surface area contributed by atoms with Crippen LogP contribution in [0.4, 0.5) is 5.69 Å². The van der Waals surface area contributed by atoms with E-state index in [1.807, 2.05) is 27.7 Å². The minimum Gasteiger partial charge on any atom is -0.318 e. The first-order valence-electron chi connectivity index (χ1n) is 5.66. The third-order valence-electron chi connectivity index (χ3n) is 2.63. The molecular formula is C11H15N5OS. The predicted molar refractivity (Wildman–Crippen MR) is 70.0 cm³/mol. The quantitative estimate of drug-likeness (QED) is 0.891. The van der Waals surface area contributed by atoms with Gasteiger partial charge in [0, 0.05) is 0 Å². The van der Waals surface area contributed by atoms with Gasteiger partial charge in [-0.1, -0.05) is 18.3 Å². The normalized spacial score (nSPS) is 10.9. The predicted octanol–water partition coefficient (Wildman–Crippen LogP) is 2.25. The summed E-state index contributed by atoms with van der Waals surface area (Å²) in [5, 5.41) is 13.7. The fourth-order valence-electron chi connectivity index (χ4n) is 1.64. The number of hydrogen-bond acceptors (Lipinski definition) is 5. The van der Waals surface area contributed by atoms with Crippen molar-refractivity contribution in [1.29, 1.82) is 0 Å². The molecular weight excluding hydrogens is 250 g/mol. The Morgan fingerprint density at radius 2 is 2.11 bits per heavy atom. The van der Waals surface area contributed by atoms with Crippen molar-refractivity contribution in [2.45, 2.75) is 33.6 Å². The summed E-state index contributed by atoms with van der Waals surface area (Å²) in [7, 11) is 0. The molecule has 0 aliphatic heterocycles. The van der Waals surface area contributed by atoms with Gasteiger partial charge in [0.15, 0.2) is 0 Å². The van der Waals surface area contributed by atoms with E-state index in [4.69, 9.17) is 0 Å². The van der Waals surface area contributed by atoms with Gasteiger partial charge in [-0.2, -0.15) is 5.10 Å². The molecule has 0 bridgehead atoms. The molecule has 0 saturated carbocycles. The van der Waals surface area contributed by atoms with Crippen LogP contribution in [0.3, 0.4) is 0 Å². The number of nitrogens with one attached hydrogen (secondary N) is 2. The monoisotopic (exact) mass is 265 g/mol. The Hall–Kier alpha value is -1.76. The molecule has 18 heavy (non-hydrogen) atoms. The van der Waals surface area contributed by atoms with Crippen LogP contribution in [0.1, 0.15) is 46.5 Å². The van der Waals surface area contributed by atoms with Gasteiger partial charge in [0.2, 0.25) is 0 Å². The van der Waals surface area contributed by atoms with Crippen molar-refractivity contribution in [3.63, 3.8) is 0 Å². The van der Waals surface area contributed by atoms with Crippen molar-refractivity contribution < 1.29 is 4.79 Å². The highest BCUT2D eigenvalue weighted by Gasteiger charge is 2.20. The molecule has 1 amide bonds. The molecule has 0 radical (unpaired) electrons. The third kappa shape index (κ3) is 2.26. The lowest BCUT2D eigenvalue weighted by molar-refractivity contribution is 0.102. The number of anilines is 1. The van der Waals surface area contributed by atoms with Crippen molar-refractivity contribution >= 4 is 23.1 Å². The van der Waals surface area contributed by atoms with E-state index in [0.29, 0.717) is 4.88 Å². The van der Waals surface area contributed by atoms with Crippen molar-refractivity contribution in [3.8, 4) is 0 Å². The molecule has 0 unspecified atom stereocenters. The Bertz CT molecular complexity index is 552. The zero-order chi connectivity index (χ0) is 13.3. The topological polar surface area (TPSA) is 83.6 Å². The maximum Gasteiger partial charge on any atom is 0.269 e. The second-order valence-electron chi connectivity index (χ2n) is 4.41. The van der Waals surface area contributed by atoms with E-state index in [0.717, 1.165) is 34.3 Å². The van der Waals surface area contributed by atoms with Crippen LogP contribution >= 0.6 is 11.5 Å². The Kier molecular flexibility index (Phi) is 3.42. The number of carbonyl (C=O) groups is 1. The molecule has 0 saturated heterocycles. The number of amides is 1. The van der Waals surface area contributed by atoms with E-state index in [2.05, 4.69) is 25.1 Å². The Labute approximate surface area is 109 Å². The van der Waals surface area contributed by atoms with Gasteiger partial charge in [0.25, 0.3) is 5.91 Å². The zero-order valence-electron chi connectivity index (χ0n) is 10.7. The van der Waals surface area contributed by atoms with Crippen LogP contribution < -0.4 is 5.32 Å². The van der Waals surface area contributed by atoms with E-state index >= 15 is 0 Å². The van der Waals surface area contributed by atoms with Crippen LogP contribution in [0.5, 0.6) is 0 Å². The van der Waals surface area contributed by atoms with Gasteiger partial charge in [-0.05, 0) is 31.3 Å². The minimum absolute atomic E-state index is 0.177. The van der Waals surface area contributed by atoms with Gasteiger partial charge >= 0.3 is 0 Å². The lowest BCUT2D eigenvalue weighted by Crippen LogP contribution is -2.14. The summed E-state index contributed by atoms with van der Waals surface area (Å²) in [6, 6.07) is 0. The Morgan fingerprint density at radius 1 is 1.39 bits per heavy atom. The molecule has 2 aromatic heterocycles. The van der Waals surface area contributed by atoms with Gasteiger partial charge in [-0.25, -0.2) is 0 Å². The van der Waals surface area contributed by atoms with Gasteiger partial charge < -0.3 is 5.32 Å². The van der Waals surface area contributed by atoms with E-state index in [1.165, 1.54) is 0 Å². The van der Waals surface area contributed by atoms with E-state index < -0.39 is 0 Å². The number of nitrogens with zero attached hydrogens (tertiary/aromatic N) is 3. The van der Waals surface area contributed by atoms with Gasteiger partial charge in [-0.15, -0.1) is 5.10 Å². The molecule has 7 heteroatoms. The number of aromatic amines is 1. The summed E-state index contributed by atoms with van der Waals surface area (Å²) in [5.41, 5.74) is 3.06. The van der Waals surface area contributed by atoms with Gasteiger partial charge in [0.05, 0.1) is 22.8 Å². The summed E-state index contributed by atoms with van der Waals surface area (Å²) in [5.74, 6) is -0.00246. The fourth-order valence-corrected chi connectivity index (χ4v) is 2.35. The molecule has 6 nitrogen and oxygen atoms in total. The number of H-pyrrole nitrogens is 1. The molecule has 0 atom stereocenters. The van der Waals surface area contributed by atoms with E-state index in [1.54, 1.807) is 0 Å².